The number of hydrogen-bond acceptors (Lipinski definition) is 4. The summed E-state index contributed by atoms with van der Waals surface area (Å²) >= 11 is 12.1. The van der Waals surface area contributed by atoms with Gasteiger partial charge in [-0.15, -0.1) is 0 Å². The molecule has 1 amide bonds. The Labute approximate surface area is 190 Å². The van der Waals surface area contributed by atoms with E-state index in [0.717, 1.165) is 16.8 Å². The molecule has 2 aromatic carbocycles. The third-order valence-corrected chi connectivity index (χ3v) is 6.11. The lowest BCUT2D eigenvalue weighted by Gasteiger charge is -2.36. The summed E-state index contributed by atoms with van der Waals surface area (Å²) in [5, 5.41) is 5.36. The van der Waals surface area contributed by atoms with Crippen molar-refractivity contribution in [1.29, 1.82) is 0 Å². The number of carbonyl (C=O) groups excluding carboxylic acids is 1. The van der Waals surface area contributed by atoms with Gasteiger partial charge >= 0.3 is 0 Å². The van der Waals surface area contributed by atoms with Crippen molar-refractivity contribution in [3.05, 3.63) is 91.8 Å². The van der Waals surface area contributed by atoms with E-state index in [2.05, 4.69) is 10.00 Å². The first-order valence-electron chi connectivity index (χ1n) is 10.0. The number of halogens is 2. The number of nitrogens with zero attached hydrogens (tertiary/aromatic N) is 4. The Bertz CT molecular complexity index is 1150. The van der Waals surface area contributed by atoms with Crippen LogP contribution in [0.3, 0.4) is 0 Å². The summed E-state index contributed by atoms with van der Waals surface area (Å²) in [6, 6.07) is 16.3. The van der Waals surface area contributed by atoms with Gasteiger partial charge in [0.2, 0.25) is 0 Å². The predicted octanol–water partition coefficient (Wildman–Crippen LogP) is 3.87. The molecule has 6 nitrogen and oxygen atoms in total. The molecule has 4 rings (SSSR count). The Hall–Kier alpha value is -2.83. The van der Waals surface area contributed by atoms with Crippen molar-refractivity contribution in [2.45, 2.75) is 13.5 Å². The van der Waals surface area contributed by atoms with E-state index in [4.69, 9.17) is 23.2 Å². The number of benzene rings is 2. The maximum atomic E-state index is 13.0. The second-order valence-corrected chi connectivity index (χ2v) is 8.39. The molecular weight excluding hydrogens is 435 g/mol. The van der Waals surface area contributed by atoms with Crippen LogP contribution in [-0.4, -0.2) is 46.8 Å². The van der Waals surface area contributed by atoms with Gasteiger partial charge in [0.05, 0.1) is 16.6 Å². The highest BCUT2D eigenvalue weighted by molar-refractivity contribution is 6.42. The first kappa shape index (κ1) is 21.4. The van der Waals surface area contributed by atoms with Gasteiger partial charge in [0.1, 0.15) is 5.69 Å². The van der Waals surface area contributed by atoms with E-state index in [9.17, 15) is 9.59 Å². The third-order valence-electron chi connectivity index (χ3n) is 5.37. The van der Waals surface area contributed by atoms with Crippen LogP contribution in [0.4, 0.5) is 5.69 Å². The minimum Gasteiger partial charge on any atom is -0.368 e. The van der Waals surface area contributed by atoms with E-state index in [0.29, 0.717) is 42.8 Å². The van der Waals surface area contributed by atoms with Crippen LogP contribution >= 0.6 is 23.2 Å². The van der Waals surface area contributed by atoms with Gasteiger partial charge in [0.25, 0.3) is 11.5 Å². The van der Waals surface area contributed by atoms with Gasteiger partial charge in [-0.25, -0.2) is 4.68 Å². The second-order valence-electron chi connectivity index (χ2n) is 7.58. The summed E-state index contributed by atoms with van der Waals surface area (Å²) in [7, 11) is 0. The quantitative estimate of drug-likeness (QED) is 0.597. The van der Waals surface area contributed by atoms with Crippen molar-refractivity contribution in [1.82, 2.24) is 14.7 Å². The van der Waals surface area contributed by atoms with E-state index in [1.165, 1.54) is 16.8 Å². The Morgan fingerprint density at radius 2 is 1.65 bits per heavy atom. The number of amides is 1. The first-order valence-corrected chi connectivity index (χ1v) is 10.8. The van der Waals surface area contributed by atoms with Gasteiger partial charge in [0.15, 0.2) is 0 Å². The van der Waals surface area contributed by atoms with Gasteiger partial charge in [-0.1, -0.05) is 53.0 Å². The molecule has 0 bridgehead atoms. The number of rotatable bonds is 4. The highest BCUT2D eigenvalue weighted by Crippen LogP contribution is 2.27. The minimum absolute atomic E-state index is 0.175. The van der Waals surface area contributed by atoms with Crippen molar-refractivity contribution < 1.29 is 4.79 Å². The second kappa shape index (κ2) is 9.12. The highest BCUT2D eigenvalue weighted by Gasteiger charge is 2.24. The molecule has 0 saturated carbocycles. The predicted molar refractivity (Wildman–Crippen MR) is 123 cm³/mol. The average Bonchev–Trinajstić information content (AvgIpc) is 2.78. The summed E-state index contributed by atoms with van der Waals surface area (Å²) in [4.78, 5) is 29.2. The van der Waals surface area contributed by atoms with E-state index in [1.807, 2.05) is 43.3 Å². The molecule has 1 aliphatic heterocycles. The van der Waals surface area contributed by atoms with E-state index < -0.39 is 0 Å². The molecule has 31 heavy (non-hydrogen) atoms. The fraction of sp³-hybridized carbons (Fsp3) is 0.261. The van der Waals surface area contributed by atoms with Crippen molar-refractivity contribution in [2.24, 2.45) is 0 Å². The third kappa shape index (κ3) is 4.92. The smallest absolute Gasteiger partial charge is 0.274 e. The van der Waals surface area contributed by atoms with Gasteiger partial charge in [0, 0.05) is 37.9 Å². The Morgan fingerprint density at radius 1 is 0.935 bits per heavy atom. The molecule has 1 aliphatic rings. The largest absolute Gasteiger partial charge is 0.368 e. The normalized spacial score (nSPS) is 14.0. The zero-order valence-electron chi connectivity index (χ0n) is 17.1. The van der Waals surface area contributed by atoms with Crippen LogP contribution in [0.25, 0.3) is 0 Å². The summed E-state index contributed by atoms with van der Waals surface area (Å²) in [6.07, 6.45) is 0. The van der Waals surface area contributed by atoms with Crippen molar-refractivity contribution in [3.63, 3.8) is 0 Å². The fourth-order valence-corrected chi connectivity index (χ4v) is 3.85. The van der Waals surface area contributed by atoms with Crippen molar-refractivity contribution >= 4 is 34.8 Å². The van der Waals surface area contributed by atoms with Crippen molar-refractivity contribution in [3.8, 4) is 0 Å². The standard InChI is InChI=1S/C23H22Cl2N4O2/c1-16-2-4-17(5-3-16)15-29-22(30)9-8-21(26-29)23(31)28-12-10-27(11-13-28)18-6-7-19(24)20(25)14-18/h2-9,14H,10-13,15H2,1H3. The lowest BCUT2D eigenvalue weighted by molar-refractivity contribution is 0.0738. The molecule has 8 heteroatoms. The van der Waals surface area contributed by atoms with E-state index >= 15 is 0 Å². The molecular formula is C23H22Cl2N4O2. The number of carbonyl (C=O) groups is 1. The zero-order valence-corrected chi connectivity index (χ0v) is 18.6. The van der Waals surface area contributed by atoms with Crippen LogP contribution in [0.5, 0.6) is 0 Å². The lowest BCUT2D eigenvalue weighted by Crippen LogP contribution is -2.49. The molecule has 1 fully saturated rings. The average molecular weight is 457 g/mol. The molecule has 0 spiro atoms. The van der Waals surface area contributed by atoms with Crippen LogP contribution in [0.15, 0.2) is 59.4 Å². The maximum absolute atomic E-state index is 13.0. The first-order chi connectivity index (χ1) is 14.9. The summed E-state index contributed by atoms with van der Waals surface area (Å²) in [5.41, 5.74) is 3.12. The number of piperazine rings is 1. The van der Waals surface area contributed by atoms with Gasteiger partial charge in [-0.2, -0.15) is 5.10 Å². The SMILES string of the molecule is Cc1ccc(Cn2nc(C(=O)N3CCN(c4ccc(Cl)c(Cl)c4)CC3)ccc2=O)cc1. The van der Waals surface area contributed by atoms with Gasteiger partial charge in [-0.05, 0) is 36.8 Å². The zero-order chi connectivity index (χ0) is 22.0. The molecule has 1 saturated heterocycles. The molecule has 1 aromatic heterocycles. The summed E-state index contributed by atoms with van der Waals surface area (Å²) < 4.78 is 1.34. The highest BCUT2D eigenvalue weighted by atomic mass is 35.5. The minimum atomic E-state index is -0.235. The molecule has 0 N–H and O–H groups in total. The van der Waals surface area contributed by atoms with E-state index in [1.54, 1.807) is 11.0 Å². The summed E-state index contributed by atoms with van der Waals surface area (Å²) in [5.74, 6) is -0.175. The molecule has 0 aliphatic carbocycles. The summed E-state index contributed by atoms with van der Waals surface area (Å²) in [6.45, 7) is 4.79. The Morgan fingerprint density at radius 3 is 2.32 bits per heavy atom. The number of hydrogen-bond donors (Lipinski definition) is 0. The number of aryl methyl sites for hydroxylation is 1. The molecule has 0 unspecified atom stereocenters. The Balaban J connectivity index is 1.44. The number of anilines is 1. The van der Waals surface area contributed by atoms with Crippen LogP contribution in [0, 0.1) is 6.92 Å². The molecule has 2 heterocycles. The van der Waals surface area contributed by atoms with Crippen LogP contribution < -0.4 is 10.5 Å². The maximum Gasteiger partial charge on any atom is 0.274 e. The molecule has 160 valence electrons. The van der Waals surface area contributed by atoms with E-state index in [-0.39, 0.29) is 17.2 Å². The van der Waals surface area contributed by atoms with Crippen molar-refractivity contribution in [2.75, 3.05) is 31.1 Å². The molecule has 0 radical (unpaired) electrons. The molecule has 0 atom stereocenters. The van der Waals surface area contributed by atoms with Crippen LogP contribution in [0.2, 0.25) is 10.0 Å². The fourth-order valence-electron chi connectivity index (χ4n) is 3.55. The molecule has 3 aromatic rings. The van der Waals surface area contributed by atoms with Gasteiger partial charge in [-0.3, -0.25) is 9.59 Å². The van der Waals surface area contributed by atoms with Gasteiger partial charge < -0.3 is 9.80 Å². The number of aromatic nitrogens is 2. The Kier molecular flexibility index (Phi) is 6.30. The monoisotopic (exact) mass is 456 g/mol. The van der Waals surface area contributed by atoms with Crippen LogP contribution in [0.1, 0.15) is 21.6 Å². The lowest BCUT2D eigenvalue weighted by atomic mass is 10.1. The topological polar surface area (TPSA) is 58.4 Å². The van der Waals surface area contributed by atoms with Crippen LogP contribution in [-0.2, 0) is 6.54 Å².